The summed E-state index contributed by atoms with van der Waals surface area (Å²) < 4.78 is 5.41. The number of benzene rings is 1. The van der Waals surface area contributed by atoms with Crippen molar-refractivity contribution in [2.45, 2.75) is 64.8 Å². The van der Waals surface area contributed by atoms with Gasteiger partial charge in [-0.05, 0) is 55.8 Å². The van der Waals surface area contributed by atoms with E-state index < -0.39 is 0 Å². The Morgan fingerprint density at radius 2 is 1.90 bits per heavy atom. The van der Waals surface area contributed by atoms with Crippen LogP contribution in [0.3, 0.4) is 0 Å². The molecule has 0 radical (unpaired) electrons. The Morgan fingerprint density at radius 1 is 1.19 bits per heavy atom. The molecular weight excluding hydrogens is 258 g/mol. The molecule has 1 unspecified atom stereocenters. The maximum atomic E-state index is 5.41. The lowest BCUT2D eigenvalue weighted by Crippen LogP contribution is -2.29. The van der Waals surface area contributed by atoms with E-state index in [1.807, 2.05) is 0 Å². The van der Waals surface area contributed by atoms with Crippen LogP contribution in [0.4, 0.5) is 0 Å². The Kier molecular flexibility index (Phi) is 6.56. The summed E-state index contributed by atoms with van der Waals surface area (Å²) in [7, 11) is 1.75. The number of nitrogens with one attached hydrogen (secondary N) is 1. The Morgan fingerprint density at radius 3 is 2.48 bits per heavy atom. The minimum absolute atomic E-state index is 0.507. The van der Waals surface area contributed by atoms with Crippen molar-refractivity contribution in [1.29, 1.82) is 0 Å². The predicted octanol–water partition coefficient (Wildman–Crippen LogP) is 5.01. The van der Waals surface area contributed by atoms with Crippen molar-refractivity contribution in [3.8, 4) is 5.75 Å². The molecule has 1 N–H and O–H groups in total. The van der Waals surface area contributed by atoms with Gasteiger partial charge in [0.05, 0.1) is 7.11 Å². The summed E-state index contributed by atoms with van der Waals surface area (Å²) >= 11 is 0. The molecule has 2 rings (SSSR count). The van der Waals surface area contributed by atoms with Crippen molar-refractivity contribution < 1.29 is 4.74 Å². The quantitative estimate of drug-likeness (QED) is 0.743. The van der Waals surface area contributed by atoms with E-state index in [1.54, 1.807) is 7.11 Å². The van der Waals surface area contributed by atoms with Gasteiger partial charge >= 0.3 is 0 Å². The number of ether oxygens (including phenoxy) is 1. The van der Waals surface area contributed by atoms with Crippen LogP contribution in [0.15, 0.2) is 18.2 Å². The molecule has 1 aromatic carbocycles. The third-order valence-corrected chi connectivity index (χ3v) is 4.76. The molecule has 1 aromatic rings. The van der Waals surface area contributed by atoms with Gasteiger partial charge in [-0.1, -0.05) is 44.7 Å². The highest BCUT2D eigenvalue weighted by Crippen LogP contribution is 2.35. The van der Waals surface area contributed by atoms with E-state index in [4.69, 9.17) is 4.74 Å². The highest BCUT2D eigenvalue weighted by molar-refractivity contribution is 5.37. The first-order chi connectivity index (χ1) is 10.3. The predicted molar refractivity (Wildman–Crippen MR) is 90.0 cm³/mol. The molecule has 21 heavy (non-hydrogen) atoms. The van der Waals surface area contributed by atoms with Gasteiger partial charge in [0.15, 0.2) is 0 Å². The fourth-order valence-electron chi connectivity index (χ4n) is 3.60. The van der Waals surface area contributed by atoms with Gasteiger partial charge in [-0.25, -0.2) is 0 Å². The lowest BCUT2D eigenvalue weighted by Gasteiger charge is -2.28. The van der Waals surface area contributed by atoms with Gasteiger partial charge in [0, 0.05) is 6.04 Å². The topological polar surface area (TPSA) is 21.3 Å². The average Bonchev–Trinajstić information content (AvgIpc) is 2.77. The molecule has 0 heterocycles. The Labute approximate surface area is 130 Å². The number of hydrogen-bond acceptors (Lipinski definition) is 2. The summed E-state index contributed by atoms with van der Waals surface area (Å²) in [6.07, 6.45) is 9.54. The van der Waals surface area contributed by atoms with E-state index in [-0.39, 0.29) is 0 Å². The molecule has 0 spiro atoms. The van der Waals surface area contributed by atoms with E-state index >= 15 is 0 Å². The first-order valence-electron chi connectivity index (χ1n) is 8.64. The summed E-state index contributed by atoms with van der Waals surface area (Å²) in [5.41, 5.74) is 2.68. The average molecular weight is 289 g/mol. The second-order valence-corrected chi connectivity index (χ2v) is 6.41. The Hall–Kier alpha value is -1.02. The number of aryl methyl sites for hydroxylation is 1. The third kappa shape index (κ3) is 4.47. The fraction of sp³-hybridized carbons (Fsp3) is 0.684. The van der Waals surface area contributed by atoms with Gasteiger partial charge in [0.25, 0.3) is 0 Å². The Balaban J connectivity index is 2.19. The monoisotopic (exact) mass is 289 g/mol. The van der Waals surface area contributed by atoms with Crippen LogP contribution in [0.5, 0.6) is 5.75 Å². The zero-order valence-electron chi connectivity index (χ0n) is 14.0. The van der Waals surface area contributed by atoms with Crippen LogP contribution in [-0.4, -0.2) is 13.7 Å². The molecule has 1 aliphatic rings. The molecule has 0 aliphatic heterocycles. The van der Waals surface area contributed by atoms with Crippen molar-refractivity contribution in [3.63, 3.8) is 0 Å². The lowest BCUT2D eigenvalue weighted by molar-refractivity contribution is 0.325. The number of hydrogen-bond donors (Lipinski definition) is 1. The van der Waals surface area contributed by atoms with Crippen molar-refractivity contribution in [1.82, 2.24) is 5.32 Å². The van der Waals surface area contributed by atoms with Crippen molar-refractivity contribution in [2.75, 3.05) is 13.7 Å². The normalized spacial score (nSPS) is 18.2. The van der Waals surface area contributed by atoms with Gasteiger partial charge in [-0.3, -0.25) is 0 Å². The van der Waals surface area contributed by atoms with Crippen molar-refractivity contribution >= 4 is 0 Å². The molecule has 2 heteroatoms. The minimum Gasteiger partial charge on any atom is -0.496 e. The van der Waals surface area contributed by atoms with Crippen molar-refractivity contribution in [3.05, 3.63) is 29.3 Å². The molecule has 118 valence electrons. The SMILES string of the molecule is CCCNC(c1ccc(OC)c(C)c1)C1CCCCCC1. The molecule has 0 aromatic heterocycles. The summed E-state index contributed by atoms with van der Waals surface area (Å²) in [4.78, 5) is 0. The van der Waals surface area contributed by atoms with Gasteiger partial charge < -0.3 is 10.1 Å². The van der Waals surface area contributed by atoms with E-state index in [1.165, 1.54) is 56.1 Å². The second kappa shape index (κ2) is 8.43. The zero-order valence-corrected chi connectivity index (χ0v) is 14.0. The van der Waals surface area contributed by atoms with E-state index in [9.17, 15) is 0 Å². The molecule has 2 nitrogen and oxygen atoms in total. The van der Waals surface area contributed by atoms with Gasteiger partial charge in [-0.15, -0.1) is 0 Å². The van der Waals surface area contributed by atoms with E-state index in [2.05, 4.69) is 37.4 Å². The van der Waals surface area contributed by atoms with Crippen LogP contribution in [0.1, 0.15) is 69.0 Å². The lowest BCUT2D eigenvalue weighted by atomic mass is 9.86. The highest BCUT2D eigenvalue weighted by atomic mass is 16.5. The van der Waals surface area contributed by atoms with Crippen LogP contribution in [-0.2, 0) is 0 Å². The maximum absolute atomic E-state index is 5.41. The van der Waals surface area contributed by atoms with Gasteiger partial charge in [-0.2, -0.15) is 0 Å². The van der Waals surface area contributed by atoms with Crippen LogP contribution >= 0.6 is 0 Å². The van der Waals surface area contributed by atoms with E-state index in [0.29, 0.717) is 6.04 Å². The standard InChI is InChI=1S/C19H31NO/c1-4-13-20-19(16-9-7-5-6-8-10-16)17-11-12-18(21-3)15(2)14-17/h11-12,14,16,19-20H,4-10,13H2,1-3H3. The minimum atomic E-state index is 0.507. The highest BCUT2D eigenvalue weighted by Gasteiger charge is 2.24. The molecule has 1 atom stereocenters. The third-order valence-electron chi connectivity index (χ3n) is 4.76. The summed E-state index contributed by atoms with van der Waals surface area (Å²) in [6, 6.07) is 7.20. The molecule has 0 bridgehead atoms. The van der Waals surface area contributed by atoms with Crippen molar-refractivity contribution in [2.24, 2.45) is 5.92 Å². The molecule has 0 saturated heterocycles. The molecule has 0 amide bonds. The zero-order chi connectivity index (χ0) is 15.1. The van der Waals surface area contributed by atoms with Crippen LogP contribution in [0, 0.1) is 12.8 Å². The summed E-state index contributed by atoms with van der Waals surface area (Å²) in [5.74, 6) is 1.78. The first kappa shape index (κ1) is 16.4. The van der Waals surface area contributed by atoms with Gasteiger partial charge in [0.1, 0.15) is 5.75 Å². The first-order valence-corrected chi connectivity index (χ1v) is 8.64. The number of methoxy groups -OCH3 is 1. The fourth-order valence-corrected chi connectivity index (χ4v) is 3.60. The Bertz CT molecular complexity index is 422. The molecular formula is C19H31NO. The van der Waals surface area contributed by atoms with Crippen LogP contribution < -0.4 is 10.1 Å². The second-order valence-electron chi connectivity index (χ2n) is 6.41. The van der Waals surface area contributed by atoms with Crippen LogP contribution in [0.25, 0.3) is 0 Å². The molecule has 1 aliphatic carbocycles. The summed E-state index contributed by atoms with van der Waals surface area (Å²) in [6.45, 7) is 5.50. The van der Waals surface area contributed by atoms with E-state index in [0.717, 1.165) is 18.2 Å². The number of rotatable bonds is 6. The molecule has 1 fully saturated rings. The maximum Gasteiger partial charge on any atom is 0.121 e. The smallest absolute Gasteiger partial charge is 0.121 e. The van der Waals surface area contributed by atoms with Crippen LogP contribution in [0.2, 0.25) is 0 Å². The summed E-state index contributed by atoms with van der Waals surface area (Å²) in [5, 5.41) is 3.81. The molecule has 1 saturated carbocycles. The van der Waals surface area contributed by atoms with Gasteiger partial charge in [0.2, 0.25) is 0 Å². The largest absolute Gasteiger partial charge is 0.496 e.